The SMILES string of the molecule is Cn1c(I)c(-c2cnc(C(=O)NC3(C(F)(F)F)CC3)c(Cl)c2)c2c(N)ncc(Br)c21. The minimum absolute atomic E-state index is 0.0581. The van der Waals surface area contributed by atoms with Crippen LogP contribution in [0.4, 0.5) is 19.0 Å². The Kier molecular flexibility index (Phi) is 5.21. The highest BCUT2D eigenvalue weighted by molar-refractivity contribution is 14.1. The Bertz CT molecular complexity index is 1210. The lowest BCUT2D eigenvalue weighted by Crippen LogP contribution is -2.48. The Hall–Kier alpha value is -1.60. The summed E-state index contributed by atoms with van der Waals surface area (Å²) in [6.45, 7) is 0. The number of amides is 1. The maximum atomic E-state index is 13.1. The summed E-state index contributed by atoms with van der Waals surface area (Å²) in [7, 11) is 1.86. The van der Waals surface area contributed by atoms with Gasteiger partial charge >= 0.3 is 6.18 Å². The van der Waals surface area contributed by atoms with Crippen LogP contribution >= 0.6 is 50.1 Å². The molecule has 1 aliphatic carbocycles. The van der Waals surface area contributed by atoms with Gasteiger partial charge in [-0.15, -0.1) is 0 Å². The molecule has 0 unspecified atom stereocenters. The second kappa shape index (κ2) is 7.23. The van der Waals surface area contributed by atoms with Crippen LogP contribution in [-0.4, -0.2) is 32.2 Å². The highest BCUT2D eigenvalue weighted by atomic mass is 127. The summed E-state index contributed by atoms with van der Waals surface area (Å²) >= 11 is 11.9. The van der Waals surface area contributed by atoms with Crippen LogP contribution in [0, 0.1) is 3.70 Å². The number of rotatable bonds is 3. The first-order valence-electron chi connectivity index (χ1n) is 8.60. The molecule has 0 aromatic carbocycles. The van der Waals surface area contributed by atoms with E-state index in [9.17, 15) is 18.0 Å². The third kappa shape index (κ3) is 3.34. The smallest absolute Gasteiger partial charge is 0.383 e. The van der Waals surface area contributed by atoms with E-state index in [1.807, 2.05) is 16.9 Å². The van der Waals surface area contributed by atoms with Gasteiger partial charge in [0.25, 0.3) is 5.91 Å². The molecule has 0 aliphatic heterocycles. The molecule has 0 saturated heterocycles. The molecule has 30 heavy (non-hydrogen) atoms. The number of alkyl halides is 3. The number of carbonyl (C=O) groups is 1. The van der Waals surface area contributed by atoms with Gasteiger partial charge in [-0.1, -0.05) is 11.6 Å². The van der Waals surface area contributed by atoms with Crippen molar-refractivity contribution < 1.29 is 18.0 Å². The normalized spacial score (nSPS) is 15.4. The fraction of sp³-hybridized carbons (Fsp3) is 0.278. The van der Waals surface area contributed by atoms with Gasteiger partial charge in [0.15, 0.2) is 0 Å². The first kappa shape index (κ1) is 21.6. The molecular formula is C18H13BrClF3IN5O. The van der Waals surface area contributed by atoms with E-state index in [0.717, 1.165) is 19.3 Å². The van der Waals surface area contributed by atoms with Crippen molar-refractivity contribution in [2.24, 2.45) is 7.05 Å². The van der Waals surface area contributed by atoms with E-state index in [1.54, 1.807) is 6.20 Å². The number of carbonyl (C=O) groups excluding carboxylic acids is 1. The highest BCUT2D eigenvalue weighted by Gasteiger charge is 2.64. The molecule has 4 rings (SSSR count). The zero-order chi connectivity index (χ0) is 22.0. The maximum absolute atomic E-state index is 13.1. The van der Waals surface area contributed by atoms with Crippen molar-refractivity contribution in [1.82, 2.24) is 19.9 Å². The molecular weight excluding hydrogens is 601 g/mol. The molecule has 3 N–H and O–H groups in total. The fourth-order valence-electron chi connectivity index (χ4n) is 3.32. The van der Waals surface area contributed by atoms with Gasteiger partial charge in [-0.05, 0) is 57.4 Å². The lowest BCUT2D eigenvalue weighted by atomic mass is 10.1. The number of pyridine rings is 2. The zero-order valence-corrected chi connectivity index (χ0v) is 19.7. The molecule has 1 fully saturated rings. The van der Waals surface area contributed by atoms with E-state index in [2.05, 4.69) is 48.5 Å². The van der Waals surface area contributed by atoms with E-state index in [4.69, 9.17) is 17.3 Å². The fourth-order valence-corrected chi connectivity index (χ4v) is 4.96. The molecule has 0 atom stereocenters. The number of halogens is 6. The number of anilines is 1. The second-order valence-corrected chi connectivity index (χ2v) is 9.31. The Morgan fingerprint density at radius 1 is 1.37 bits per heavy atom. The molecule has 1 aliphatic rings. The largest absolute Gasteiger partial charge is 0.411 e. The topological polar surface area (TPSA) is 85.8 Å². The summed E-state index contributed by atoms with van der Waals surface area (Å²) < 4.78 is 42.9. The minimum atomic E-state index is -4.52. The highest BCUT2D eigenvalue weighted by Crippen LogP contribution is 2.49. The van der Waals surface area contributed by atoms with Crippen LogP contribution in [0.25, 0.3) is 22.0 Å². The first-order chi connectivity index (χ1) is 14.0. The molecule has 0 bridgehead atoms. The summed E-state index contributed by atoms with van der Waals surface area (Å²) in [6.07, 6.45) is -1.84. The number of hydrogen-bond acceptors (Lipinski definition) is 4. The average molecular weight is 615 g/mol. The van der Waals surface area contributed by atoms with Gasteiger partial charge in [-0.2, -0.15) is 13.2 Å². The third-order valence-corrected chi connectivity index (χ3v) is 7.24. The molecule has 1 saturated carbocycles. The van der Waals surface area contributed by atoms with E-state index < -0.39 is 17.6 Å². The van der Waals surface area contributed by atoms with Crippen LogP contribution in [0.5, 0.6) is 0 Å². The Morgan fingerprint density at radius 2 is 2.03 bits per heavy atom. The summed E-state index contributed by atoms with van der Waals surface area (Å²) in [5.74, 6) is -0.654. The summed E-state index contributed by atoms with van der Waals surface area (Å²) in [5, 5.41) is 2.66. The lowest BCUT2D eigenvalue weighted by Gasteiger charge is -2.20. The average Bonchev–Trinajstić information content (AvgIpc) is 3.39. The minimum Gasteiger partial charge on any atom is -0.383 e. The van der Waals surface area contributed by atoms with E-state index >= 15 is 0 Å². The Balaban J connectivity index is 1.76. The standard InChI is InChI=1S/C18H13BrClF3IN5O/c1-29-13-8(19)6-27-15(25)11(13)10(14(29)24)7-4-9(20)12(26-5-7)16(30)28-17(2-3-17)18(21,22)23/h4-6H,2-3H2,1H3,(H2,25,27)(H,28,30). The molecule has 6 nitrogen and oxygen atoms in total. The van der Waals surface area contributed by atoms with Crippen molar-refractivity contribution in [3.05, 3.63) is 37.3 Å². The van der Waals surface area contributed by atoms with Crippen LogP contribution in [0.15, 0.2) is 22.9 Å². The van der Waals surface area contributed by atoms with Crippen molar-refractivity contribution in [1.29, 1.82) is 0 Å². The molecule has 3 aromatic rings. The van der Waals surface area contributed by atoms with Crippen molar-refractivity contribution in [3.8, 4) is 11.1 Å². The van der Waals surface area contributed by atoms with Crippen LogP contribution in [0.3, 0.4) is 0 Å². The zero-order valence-electron chi connectivity index (χ0n) is 15.2. The number of nitrogen functional groups attached to an aromatic ring is 1. The third-order valence-electron chi connectivity index (χ3n) is 5.11. The monoisotopic (exact) mass is 613 g/mol. The van der Waals surface area contributed by atoms with Gasteiger partial charge in [-0.25, -0.2) is 9.97 Å². The van der Waals surface area contributed by atoms with Gasteiger partial charge in [0.2, 0.25) is 0 Å². The van der Waals surface area contributed by atoms with E-state index in [-0.39, 0.29) is 23.6 Å². The van der Waals surface area contributed by atoms with Crippen molar-refractivity contribution >= 4 is 72.7 Å². The van der Waals surface area contributed by atoms with Crippen LogP contribution in [0.2, 0.25) is 5.02 Å². The number of fused-ring (bicyclic) bond motifs is 1. The number of aromatic nitrogens is 3. The quantitative estimate of drug-likeness (QED) is 0.404. The van der Waals surface area contributed by atoms with Gasteiger partial charge in [0, 0.05) is 30.6 Å². The first-order valence-corrected chi connectivity index (χ1v) is 10.8. The Morgan fingerprint density at radius 3 is 2.60 bits per heavy atom. The predicted molar refractivity (Wildman–Crippen MR) is 119 cm³/mol. The molecule has 0 radical (unpaired) electrons. The summed E-state index contributed by atoms with van der Waals surface area (Å²) in [5.41, 5.74) is 5.75. The molecule has 1 amide bonds. The van der Waals surface area contributed by atoms with Crippen molar-refractivity contribution in [2.75, 3.05) is 5.73 Å². The van der Waals surface area contributed by atoms with E-state index in [0.29, 0.717) is 16.8 Å². The number of nitrogens with one attached hydrogen (secondary N) is 1. The number of aryl methyl sites for hydroxylation is 1. The van der Waals surface area contributed by atoms with E-state index in [1.165, 1.54) is 12.3 Å². The lowest BCUT2D eigenvalue weighted by molar-refractivity contribution is -0.163. The van der Waals surface area contributed by atoms with Crippen molar-refractivity contribution in [3.63, 3.8) is 0 Å². The van der Waals surface area contributed by atoms with Gasteiger partial charge < -0.3 is 15.6 Å². The van der Waals surface area contributed by atoms with Crippen LogP contribution in [-0.2, 0) is 7.05 Å². The summed E-state index contributed by atoms with van der Waals surface area (Å²) in [6, 6.07) is 1.49. The van der Waals surface area contributed by atoms with Gasteiger partial charge in [0.05, 0.1) is 24.1 Å². The van der Waals surface area contributed by atoms with Gasteiger partial charge in [0.1, 0.15) is 17.1 Å². The second-order valence-electron chi connectivity index (χ2n) is 7.03. The number of hydrogen-bond donors (Lipinski definition) is 2. The molecule has 158 valence electrons. The van der Waals surface area contributed by atoms with Crippen LogP contribution < -0.4 is 11.1 Å². The number of nitrogens with zero attached hydrogens (tertiary/aromatic N) is 3. The molecule has 12 heteroatoms. The predicted octanol–water partition coefficient (Wildman–Crippen LogP) is 5.06. The molecule has 0 spiro atoms. The molecule has 3 aromatic heterocycles. The Labute approximate surface area is 195 Å². The van der Waals surface area contributed by atoms with Gasteiger partial charge in [-0.3, -0.25) is 4.79 Å². The van der Waals surface area contributed by atoms with Crippen molar-refractivity contribution in [2.45, 2.75) is 24.6 Å². The summed E-state index contributed by atoms with van der Waals surface area (Å²) in [4.78, 5) is 20.6. The molecule has 3 heterocycles. The maximum Gasteiger partial charge on any atom is 0.411 e. The number of nitrogens with two attached hydrogens (primary N) is 1. The van der Waals surface area contributed by atoms with Crippen LogP contribution in [0.1, 0.15) is 23.3 Å².